The van der Waals surface area contributed by atoms with Crippen LogP contribution < -0.4 is 10.6 Å². The Kier molecular flexibility index (Phi) is 12.1. The highest BCUT2D eigenvalue weighted by molar-refractivity contribution is 5.91. The van der Waals surface area contributed by atoms with Crippen LogP contribution in [-0.4, -0.2) is 87.1 Å². The number of nitrogens with one attached hydrogen (secondary N) is 4. The van der Waals surface area contributed by atoms with Crippen molar-refractivity contribution in [1.82, 2.24) is 40.4 Å². The summed E-state index contributed by atoms with van der Waals surface area (Å²) in [5.74, 6) is 1.21. The molecule has 0 spiro atoms. The first-order valence-electron chi connectivity index (χ1n) is 21.1. The number of hydrogen-bond donors (Lipinski definition) is 4. The van der Waals surface area contributed by atoms with Gasteiger partial charge in [-0.1, -0.05) is 99.6 Å². The lowest BCUT2D eigenvalue weighted by molar-refractivity contribution is -0.136. The third-order valence-electron chi connectivity index (χ3n) is 12.1. The maximum atomic E-state index is 14.1. The SMILES string of the molecule is COC(=O)NC(C(=O)N1CC(C)CC1c1ncc(-c2ccc(-c3ccc4cc(-c5cnc(C6CCCN6C(=O)C(NC(=O)OC)C(C)C)[nH]5)ccc4c3)cc2)[nH]1)c1ccccc1. The molecule has 4 amide bonds. The van der Waals surface area contributed by atoms with Crippen LogP contribution >= 0.6 is 0 Å². The number of hydrogen-bond acceptors (Lipinski definition) is 8. The van der Waals surface area contributed by atoms with Crippen LogP contribution in [0.4, 0.5) is 9.59 Å². The van der Waals surface area contributed by atoms with E-state index in [1.54, 1.807) is 0 Å². The van der Waals surface area contributed by atoms with Gasteiger partial charge in [0, 0.05) is 18.7 Å². The molecule has 4 aromatic carbocycles. The normalized spacial score (nSPS) is 18.5. The molecular formula is C48H52N8O6. The Bertz CT molecular complexity index is 2570. The summed E-state index contributed by atoms with van der Waals surface area (Å²) in [5.41, 5.74) is 6.51. The first kappa shape index (κ1) is 41.8. The van der Waals surface area contributed by atoms with E-state index in [1.165, 1.54) is 14.2 Å². The number of nitrogens with zero attached hydrogens (tertiary/aromatic N) is 4. The summed E-state index contributed by atoms with van der Waals surface area (Å²) in [6.45, 7) is 7.05. The number of H-pyrrole nitrogens is 2. The number of likely N-dealkylation sites (tertiary alicyclic amines) is 2. The molecule has 0 aliphatic carbocycles. The highest BCUT2D eigenvalue weighted by Gasteiger charge is 2.40. The van der Waals surface area contributed by atoms with Crippen LogP contribution in [-0.2, 0) is 19.1 Å². The highest BCUT2D eigenvalue weighted by Crippen LogP contribution is 2.38. The fraction of sp³-hybridized carbons (Fsp3) is 0.333. The molecule has 0 saturated carbocycles. The van der Waals surface area contributed by atoms with Gasteiger partial charge < -0.3 is 39.9 Å². The molecular weight excluding hydrogens is 785 g/mol. The molecule has 4 N–H and O–H groups in total. The summed E-state index contributed by atoms with van der Waals surface area (Å²) in [6, 6.07) is 28.2. The Morgan fingerprint density at radius 1 is 0.694 bits per heavy atom. The highest BCUT2D eigenvalue weighted by atomic mass is 16.5. The van der Waals surface area contributed by atoms with Crippen LogP contribution in [0.2, 0.25) is 0 Å². The molecule has 320 valence electrons. The molecule has 2 aliphatic heterocycles. The molecule has 0 radical (unpaired) electrons. The van der Waals surface area contributed by atoms with E-state index in [0.29, 0.717) is 24.5 Å². The Balaban J connectivity index is 0.950. The van der Waals surface area contributed by atoms with Crippen molar-refractivity contribution in [2.75, 3.05) is 27.3 Å². The number of ether oxygens (including phenoxy) is 2. The van der Waals surface area contributed by atoms with Crippen LogP contribution in [0.25, 0.3) is 44.4 Å². The van der Waals surface area contributed by atoms with Crippen molar-refractivity contribution in [1.29, 1.82) is 0 Å². The van der Waals surface area contributed by atoms with Crippen molar-refractivity contribution in [3.8, 4) is 33.6 Å². The van der Waals surface area contributed by atoms with E-state index in [-0.39, 0.29) is 35.7 Å². The molecule has 14 nitrogen and oxygen atoms in total. The number of carbonyl (C=O) groups is 4. The second-order valence-electron chi connectivity index (χ2n) is 16.6. The monoisotopic (exact) mass is 836 g/mol. The lowest BCUT2D eigenvalue weighted by Gasteiger charge is -2.30. The Labute approximate surface area is 360 Å². The first-order chi connectivity index (χ1) is 30.0. The number of aromatic nitrogens is 4. The van der Waals surface area contributed by atoms with Gasteiger partial charge in [-0.25, -0.2) is 19.6 Å². The summed E-state index contributed by atoms with van der Waals surface area (Å²) in [5, 5.41) is 7.62. The van der Waals surface area contributed by atoms with Crippen molar-refractivity contribution in [3.63, 3.8) is 0 Å². The van der Waals surface area contributed by atoms with Gasteiger partial charge in [0.25, 0.3) is 5.91 Å². The number of alkyl carbamates (subject to hydrolysis) is 2. The van der Waals surface area contributed by atoms with E-state index in [9.17, 15) is 19.2 Å². The molecule has 2 aromatic heterocycles. The lowest BCUT2D eigenvalue weighted by atomic mass is 9.98. The summed E-state index contributed by atoms with van der Waals surface area (Å²) in [4.78, 5) is 72.0. The fourth-order valence-electron chi connectivity index (χ4n) is 8.76. The molecule has 6 aromatic rings. The standard InChI is InChI=1S/C48H52N8O6/c1-28(2)41(53-47(59)61-4)45(57)55-21-9-12-39(55)43-49-26-38(52-43)36-20-19-34-23-33(17-18-35(34)24-36)30-13-15-31(16-14-30)37-25-50-44(51-37)40-22-29(3)27-56(40)46(58)42(54-48(60)62-5)32-10-7-6-8-11-32/h6-8,10-11,13-20,23-26,28-29,39-42H,9,12,21-22,27H2,1-5H3,(H,49,52)(H,50,51)(H,53,59)(H,54,60). The van der Waals surface area contributed by atoms with E-state index in [2.05, 4.69) is 88.2 Å². The minimum Gasteiger partial charge on any atom is -0.453 e. The molecule has 2 fully saturated rings. The average Bonchev–Trinajstić information content (AvgIpc) is 4.14. The van der Waals surface area contributed by atoms with Gasteiger partial charge in [0.05, 0.1) is 50.1 Å². The maximum Gasteiger partial charge on any atom is 0.407 e. The van der Waals surface area contributed by atoms with Gasteiger partial charge in [-0.2, -0.15) is 0 Å². The van der Waals surface area contributed by atoms with E-state index in [0.717, 1.165) is 69.5 Å². The minimum absolute atomic E-state index is 0.109. The predicted molar refractivity (Wildman–Crippen MR) is 235 cm³/mol. The zero-order valence-corrected chi connectivity index (χ0v) is 35.6. The van der Waals surface area contributed by atoms with Gasteiger partial charge in [0.2, 0.25) is 5.91 Å². The quantitative estimate of drug-likeness (QED) is 0.101. The predicted octanol–water partition coefficient (Wildman–Crippen LogP) is 8.34. The van der Waals surface area contributed by atoms with E-state index < -0.39 is 24.3 Å². The van der Waals surface area contributed by atoms with Crippen LogP contribution in [0.3, 0.4) is 0 Å². The molecule has 62 heavy (non-hydrogen) atoms. The molecule has 14 heteroatoms. The van der Waals surface area contributed by atoms with Crippen LogP contribution in [0.1, 0.15) is 75.4 Å². The van der Waals surface area contributed by atoms with E-state index in [4.69, 9.17) is 19.4 Å². The summed E-state index contributed by atoms with van der Waals surface area (Å²) < 4.78 is 9.63. The van der Waals surface area contributed by atoms with Crippen molar-refractivity contribution in [2.24, 2.45) is 11.8 Å². The summed E-state index contributed by atoms with van der Waals surface area (Å²) in [6.07, 6.45) is 4.70. The molecule has 2 saturated heterocycles. The van der Waals surface area contributed by atoms with Crippen molar-refractivity contribution in [3.05, 3.63) is 121 Å². The van der Waals surface area contributed by atoms with E-state index >= 15 is 0 Å². The van der Waals surface area contributed by atoms with Gasteiger partial charge in [0.15, 0.2) is 0 Å². The smallest absolute Gasteiger partial charge is 0.407 e. The number of carbonyl (C=O) groups excluding carboxylic acids is 4. The molecule has 0 bridgehead atoms. The number of methoxy groups -OCH3 is 2. The zero-order valence-electron chi connectivity index (χ0n) is 35.6. The molecule has 5 unspecified atom stereocenters. The van der Waals surface area contributed by atoms with Gasteiger partial charge in [-0.3, -0.25) is 9.59 Å². The lowest BCUT2D eigenvalue weighted by Crippen LogP contribution is -2.51. The Morgan fingerprint density at radius 3 is 1.94 bits per heavy atom. The zero-order chi connectivity index (χ0) is 43.5. The fourth-order valence-corrected chi connectivity index (χ4v) is 8.76. The number of rotatable bonds is 11. The number of fused-ring (bicyclic) bond motifs is 1. The topological polar surface area (TPSA) is 175 Å². The van der Waals surface area contributed by atoms with Crippen molar-refractivity contribution >= 4 is 34.8 Å². The van der Waals surface area contributed by atoms with Gasteiger partial charge in [-0.05, 0) is 76.3 Å². The maximum absolute atomic E-state index is 14.1. The van der Waals surface area contributed by atoms with Crippen molar-refractivity contribution < 1.29 is 28.7 Å². The van der Waals surface area contributed by atoms with Gasteiger partial charge in [0.1, 0.15) is 23.7 Å². The summed E-state index contributed by atoms with van der Waals surface area (Å²) >= 11 is 0. The number of aromatic amines is 2. The molecule has 8 rings (SSSR count). The second-order valence-corrected chi connectivity index (χ2v) is 16.6. The average molecular weight is 837 g/mol. The second kappa shape index (κ2) is 17.9. The molecule has 2 aliphatic rings. The number of benzene rings is 4. The van der Waals surface area contributed by atoms with Crippen LogP contribution in [0, 0.1) is 11.8 Å². The van der Waals surface area contributed by atoms with Crippen LogP contribution in [0.15, 0.2) is 103 Å². The Morgan fingerprint density at radius 2 is 1.27 bits per heavy atom. The minimum atomic E-state index is -0.892. The third-order valence-corrected chi connectivity index (χ3v) is 12.1. The molecule has 4 heterocycles. The Hall–Kier alpha value is -6.96. The first-order valence-corrected chi connectivity index (χ1v) is 21.1. The van der Waals surface area contributed by atoms with Gasteiger partial charge >= 0.3 is 12.2 Å². The molecule has 5 atom stereocenters. The largest absolute Gasteiger partial charge is 0.453 e. The van der Waals surface area contributed by atoms with Gasteiger partial charge in [-0.15, -0.1) is 0 Å². The van der Waals surface area contributed by atoms with Crippen molar-refractivity contribution in [2.45, 2.75) is 64.2 Å². The number of imidazole rings is 2. The van der Waals surface area contributed by atoms with E-state index in [1.807, 2.05) is 66.4 Å². The third kappa shape index (κ3) is 8.63. The van der Waals surface area contributed by atoms with Crippen LogP contribution in [0.5, 0.6) is 0 Å². The summed E-state index contributed by atoms with van der Waals surface area (Å²) in [7, 11) is 2.58. The number of amides is 4.